The summed E-state index contributed by atoms with van der Waals surface area (Å²) >= 11 is 0. The fourth-order valence-corrected chi connectivity index (χ4v) is 3.09. The van der Waals surface area contributed by atoms with E-state index in [0.717, 1.165) is 11.5 Å². The maximum Gasteiger partial charge on any atom is 0.131 e. The summed E-state index contributed by atoms with van der Waals surface area (Å²) in [5.41, 5.74) is 2.71. The summed E-state index contributed by atoms with van der Waals surface area (Å²) in [5, 5.41) is 0. The van der Waals surface area contributed by atoms with Crippen LogP contribution in [-0.2, 0) is 5.41 Å². The minimum Gasteiger partial charge on any atom is -0.457 e. The molecule has 0 unspecified atom stereocenters. The maximum absolute atomic E-state index is 6.05. The summed E-state index contributed by atoms with van der Waals surface area (Å²) in [4.78, 5) is 0. The van der Waals surface area contributed by atoms with E-state index >= 15 is 0 Å². The molecule has 0 radical (unpaired) electrons. The third-order valence-electron chi connectivity index (χ3n) is 4.21. The number of fused-ring (bicyclic) bond motifs is 2. The Morgan fingerprint density at radius 2 is 1.42 bits per heavy atom. The molecule has 19 heavy (non-hydrogen) atoms. The van der Waals surface area contributed by atoms with Gasteiger partial charge in [0.15, 0.2) is 0 Å². The molecule has 2 aromatic carbocycles. The van der Waals surface area contributed by atoms with E-state index in [9.17, 15) is 0 Å². The van der Waals surface area contributed by atoms with Crippen molar-refractivity contribution < 1.29 is 4.74 Å². The van der Waals surface area contributed by atoms with Gasteiger partial charge in [0.05, 0.1) is 0 Å². The molecule has 0 fully saturated rings. The van der Waals surface area contributed by atoms with Crippen LogP contribution in [0.5, 0.6) is 11.5 Å². The van der Waals surface area contributed by atoms with Crippen LogP contribution in [0.1, 0.15) is 44.2 Å². The zero-order valence-corrected chi connectivity index (χ0v) is 11.6. The van der Waals surface area contributed by atoms with Crippen molar-refractivity contribution in [2.24, 2.45) is 0 Å². The largest absolute Gasteiger partial charge is 0.457 e. The molecule has 0 saturated heterocycles. The number of para-hydroxylation sites is 2. The number of unbranched alkanes of at least 4 members (excludes halogenated alkanes) is 1. The highest BCUT2D eigenvalue weighted by molar-refractivity contribution is 5.56. The van der Waals surface area contributed by atoms with Crippen molar-refractivity contribution in [1.82, 2.24) is 0 Å². The third-order valence-corrected chi connectivity index (χ3v) is 4.21. The number of ether oxygens (including phenoxy) is 1. The van der Waals surface area contributed by atoms with Crippen LogP contribution in [0.25, 0.3) is 0 Å². The van der Waals surface area contributed by atoms with Crippen molar-refractivity contribution >= 4 is 0 Å². The van der Waals surface area contributed by atoms with Crippen LogP contribution in [0.2, 0.25) is 0 Å². The van der Waals surface area contributed by atoms with Crippen LogP contribution < -0.4 is 4.74 Å². The zero-order chi connectivity index (χ0) is 13.3. The lowest BCUT2D eigenvalue weighted by Crippen LogP contribution is -2.27. The lowest BCUT2D eigenvalue weighted by molar-refractivity contribution is 0.386. The van der Waals surface area contributed by atoms with Gasteiger partial charge in [-0.05, 0) is 18.6 Å². The minimum atomic E-state index is 0.0709. The van der Waals surface area contributed by atoms with Crippen molar-refractivity contribution in [3.8, 4) is 11.5 Å². The van der Waals surface area contributed by atoms with Gasteiger partial charge in [0.2, 0.25) is 0 Å². The van der Waals surface area contributed by atoms with E-state index in [1.54, 1.807) is 0 Å². The summed E-state index contributed by atoms with van der Waals surface area (Å²) < 4.78 is 6.05. The molecule has 0 atom stereocenters. The molecule has 0 saturated carbocycles. The third kappa shape index (κ3) is 1.94. The van der Waals surface area contributed by atoms with Gasteiger partial charge >= 0.3 is 0 Å². The molecule has 0 aliphatic carbocycles. The van der Waals surface area contributed by atoms with E-state index in [1.165, 1.54) is 30.4 Å². The molecule has 3 rings (SSSR count). The molecule has 1 aliphatic rings. The molecule has 1 nitrogen and oxygen atoms in total. The van der Waals surface area contributed by atoms with Crippen LogP contribution in [0.15, 0.2) is 48.5 Å². The fourth-order valence-electron chi connectivity index (χ4n) is 3.09. The standard InChI is InChI=1S/C18H20O/c1-3-4-13-18(2)14-9-5-7-11-16(14)19-17-12-8-6-10-15(17)18/h5-12H,3-4,13H2,1-2H3. The Hall–Kier alpha value is -1.76. The van der Waals surface area contributed by atoms with Gasteiger partial charge in [-0.15, -0.1) is 0 Å². The lowest BCUT2D eigenvalue weighted by Gasteiger charge is -2.37. The van der Waals surface area contributed by atoms with Gasteiger partial charge in [0.25, 0.3) is 0 Å². The fraction of sp³-hybridized carbons (Fsp3) is 0.333. The molecular formula is C18H20O. The van der Waals surface area contributed by atoms with E-state index in [-0.39, 0.29) is 5.41 Å². The molecule has 1 heteroatoms. The Balaban J connectivity index is 2.16. The summed E-state index contributed by atoms with van der Waals surface area (Å²) in [7, 11) is 0. The molecule has 2 aromatic rings. The highest BCUT2D eigenvalue weighted by atomic mass is 16.5. The van der Waals surface area contributed by atoms with Crippen LogP contribution >= 0.6 is 0 Å². The number of benzene rings is 2. The summed E-state index contributed by atoms with van der Waals surface area (Å²) in [6, 6.07) is 16.9. The van der Waals surface area contributed by atoms with Gasteiger partial charge in [0, 0.05) is 16.5 Å². The Morgan fingerprint density at radius 1 is 0.895 bits per heavy atom. The van der Waals surface area contributed by atoms with Crippen molar-refractivity contribution in [1.29, 1.82) is 0 Å². The predicted octanol–water partition coefficient (Wildman–Crippen LogP) is 5.29. The van der Waals surface area contributed by atoms with Crippen LogP contribution in [0.3, 0.4) is 0 Å². The summed E-state index contributed by atoms with van der Waals surface area (Å²) in [5.74, 6) is 2.03. The lowest BCUT2D eigenvalue weighted by atomic mass is 9.71. The van der Waals surface area contributed by atoms with Crippen LogP contribution in [0, 0.1) is 0 Å². The first-order valence-electron chi connectivity index (χ1n) is 7.12. The van der Waals surface area contributed by atoms with Gasteiger partial charge in [-0.25, -0.2) is 0 Å². The molecule has 0 bridgehead atoms. The molecule has 0 N–H and O–H groups in total. The van der Waals surface area contributed by atoms with Gasteiger partial charge < -0.3 is 4.74 Å². The second-order valence-electron chi connectivity index (χ2n) is 5.53. The maximum atomic E-state index is 6.05. The van der Waals surface area contributed by atoms with Crippen molar-refractivity contribution in [3.05, 3.63) is 59.7 Å². The van der Waals surface area contributed by atoms with E-state index < -0.39 is 0 Å². The minimum absolute atomic E-state index is 0.0709. The Labute approximate surface area is 115 Å². The first-order chi connectivity index (χ1) is 9.25. The van der Waals surface area contributed by atoms with Crippen LogP contribution in [0.4, 0.5) is 0 Å². The zero-order valence-electron chi connectivity index (χ0n) is 11.6. The average molecular weight is 252 g/mol. The van der Waals surface area contributed by atoms with Crippen molar-refractivity contribution in [2.45, 2.75) is 38.5 Å². The SMILES string of the molecule is CCCCC1(C)c2ccccc2Oc2ccccc21. The highest BCUT2D eigenvalue weighted by Crippen LogP contribution is 2.50. The van der Waals surface area contributed by atoms with E-state index in [1.807, 2.05) is 12.1 Å². The number of hydrogen-bond donors (Lipinski definition) is 0. The second kappa shape index (κ2) is 4.73. The van der Waals surface area contributed by atoms with Gasteiger partial charge in [0.1, 0.15) is 11.5 Å². The van der Waals surface area contributed by atoms with E-state index in [4.69, 9.17) is 4.74 Å². The normalized spacial score (nSPS) is 15.3. The molecular weight excluding hydrogens is 232 g/mol. The number of hydrogen-bond acceptors (Lipinski definition) is 1. The Bertz CT molecular complexity index is 540. The average Bonchev–Trinajstić information content (AvgIpc) is 2.46. The summed E-state index contributed by atoms with van der Waals surface area (Å²) in [6.45, 7) is 4.60. The van der Waals surface area contributed by atoms with E-state index in [0.29, 0.717) is 0 Å². The first kappa shape index (κ1) is 12.3. The predicted molar refractivity (Wildman–Crippen MR) is 78.9 cm³/mol. The molecule has 0 spiro atoms. The van der Waals surface area contributed by atoms with Gasteiger partial charge in [-0.1, -0.05) is 63.1 Å². The number of rotatable bonds is 3. The Morgan fingerprint density at radius 3 is 1.95 bits per heavy atom. The molecule has 1 aliphatic heterocycles. The molecule has 98 valence electrons. The molecule has 0 amide bonds. The monoisotopic (exact) mass is 252 g/mol. The van der Waals surface area contributed by atoms with Crippen molar-refractivity contribution in [2.75, 3.05) is 0 Å². The molecule has 0 aromatic heterocycles. The molecule has 1 heterocycles. The Kier molecular flexibility index (Phi) is 3.06. The van der Waals surface area contributed by atoms with E-state index in [2.05, 4.69) is 50.2 Å². The smallest absolute Gasteiger partial charge is 0.131 e. The first-order valence-corrected chi connectivity index (χ1v) is 7.12. The van der Waals surface area contributed by atoms with Crippen molar-refractivity contribution in [3.63, 3.8) is 0 Å². The van der Waals surface area contributed by atoms with Gasteiger partial charge in [-0.2, -0.15) is 0 Å². The quantitative estimate of drug-likeness (QED) is 0.721. The highest BCUT2D eigenvalue weighted by Gasteiger charge is 2.36. The second-order valence-corrected chi connectivity index (χ2v) is 5.53. The van der Waals surface area contributed by atoms with Gasteiger partial charge in [-0.3, -0.25) is 0 Å². The topological polar surface area (TPSA) is 9.23 Å². The van der Waals surface area contributed by atoms with Crippen LogP contribution in [-0.4, -0.2) is 0 Å². The summed E-state index contributed by atoms with van der Waals surface area (Å²) in [6.07, 6.45) is 3.63.